The van der Waals surface area contributed by atoms with Crippen LogP contribution in [0.15, 0.2) is 24.3 Å². The van der Waals surface area contributed by atoms with Gasteiger partial charge in [-0.05, 0) is 31.2 Å². The number of rotatable bonds is 1. The number of hydrogen-bond acceptors (Lipinski definition) is 2. The van der Waals surface area contributed by atoms with Gasteiger partial charge in [-0.2, -0.15) is 0 Å². The number of halogens is 1. The molecule has 0 atom stereocenters. The molecule has 0 spiro atoms. The normalized spacial score (nSPS) is 16.4. The average Bonchev–Trinajstić information content (AvgIpc) is 2.47. The number of aromatic nitrogens is 1. The summed E-state index contributed by atoms with van der Waals surface area (Å²) in [7, 11) is 2.13. The Bertz CT molecular complexity index is 693. The minimum Gasteiger partial charge on any atom is -0.334 e. The number of likely N-dealkylation sites (N-methyl/N-ethyl adjacent to an activating group) is 1. The molecule has 1 amide bonds. The van der Waals surface area contributed by atoms with Crippen molar-refractivity contribution >= 4 is 16.8 Å². The second kappa shape index (κ2) is 5.41. The van der Waals surface area contributed by atoms with E-state index in [0.717, 1.165) is 31.9 Å². The van der Waals surface area contributed by atoms with Crippen molar-refractivity contribution in [1.29, 1.82) is 0 Å². The quantitative estimate of drug-likeness (QED) is 0.837. The van der Waals surface area contributed by atoms with E-state index in [1.165, 1.54) is 17.0 Å². The van der Waals surface area contributed by atoms with E-state index in [9.17, 15) is 9.18 Å². The first kappa shape index (κ1) is 13.9. The molecule has 0 radical (unpaired) electrons. The van der Waals surface area contributed by atoms with Crippen LogP contribution in [0.2, 0.25) is 0 Å². The molecule has 1 saturated heterocycles. The van der Waals surface area contributed by atoms with Crippen LogP contribution in [-0.4, -0.2) is 49.0 Å². The van der Waals surface area contributed by atoms with E-state index in [2.05, 4.69) is 12.0 Å². The smallest absolute Gasteiger partial charge is 0.255 e. The van der Waals surface area contributed by atoms with Crippen LogP contribution in [-0.2, 0) is 0 Å². The summed E-state index contributed by atoms with van der Waals surface area (Å²) >= 11 is 0. The van der Waals surface area contributed by atoms with Gasteiger partial charge in [0, 0.05) is 11.1 Å². The first-order chi connectivity index (χ1) is 10.0. The van der Waals surface area contributed by atoms with Gasteiger partial charge in [0.2, 0.25) is 0 Å². The average molecular weight is 288 g/mol. The standard InChI is InChI=1S/C16H18FN3O/c1-11-9-14(13-10-12(17)3-4-15(13)18-11)16(21)20-7-5-19(2)6-8-20/h3-4,9-10H,5-8H2,1-2H3/p+1. The zero-order valence-electron chi connectivity index (χ0n) is 12.3. The predicted molar refractivity (Wildman–Crippen MR) is 79.0 cm³/mol. The van der Waals surface area contributed by atoms with Crippen LogP contribution in [0.3, 0.4) is 0 Å². The SMILES string of the molecule is Cc1cc(C(=O)N2CC[NH+](C)CC2)c2cc(F)ccc2n1. The van der Waals surface area contributed by atoms with Crippen molar-refractivity contribution in [1.82, 2.24) is 9.88 Å². The summed E-state index contributed by atoms with van der Waals surface area (Å²) in [4.78, 5) is 20.4. The van der Waals surface area contributed by atoms with Crippen molar-refractivity contribution in [2.75, 3.05) is 33.2 Å². The number of pyridine rings is 1. The van der Waals surface area contributed by atoms with Gasteiger partial charge in [-0.3, -0.25) is 9.78 Å². The number of aryl methyl sites for hydroxylation is 1. The van der Waals surface area contributed by atoms with Gasteiger partial charge in [0.05, 0.1) is 44.3 Å². The number of amides is 1. The van der Waals surface area contributed by atoms with Crippen LogP contribution in [0, 0.1) is 12.7 Å². The summed E-state index contributed by atoms with van der Waals surface area (Å²) in [6.07, 6.45) is 0. The van der Waals surface area contributed by atoms with E-state index in [0.29, 0.717) is 16.5 Å². The molecule has 110 valence electrons. The maximum absolute atomic E-state index is 13.5. The van der Waals surface area contributed by atoms with Crippen LogP contribution in [0.1, 0.15) is 16.1 Å². The Kier molecular flexibility index (Phi) is 3.59. The van der Waals surface area contributed by atoms with Crippen LogP contribution < -0.4 is 4.90 Å². The van der Waals surface area contributed by atoms with Crippen LogP contribution in [0.5, 0.6) is 0 Å². The molecule has 0 unspecified atom stereocenters. The summed E-state index contributed by atoms with van der Waals surface area (Å²) in [5, 5.41) is 0.594. The van der Waals surface area contributed by atoms with Crippen LogP contribution in [0.4, 0.5) is 4.39 Å². The fraction of sp³-hybridized carbons (Fsp3) is 0.375. The predicted octanol–water partition coefficient (Wildman–Crippen LogP) is 0.653. The Balaban J connectivity index is 2.02. The highest BCUT2D eigenvalue weighted by Gasteiger charge is 2.24. The van der Waals surface area contributed by atoms with Crippen molar-refractivity contribution in [3.63, 3.8) is 0 Å². The number of fused-ring (bicyclic) bond motifs is 1. The fourth-order valence-electron chi connectivity index (χ4n) is 2.77. The lowest BCUT2D eigenvalue weighted by atomic mass is 10.1. The molecular formula is C16H19FN3O+. The van der Waals surface area contributed by atoms with Gasteiger partial charge in [0.1, 0.15) is 5.82 Å². The molecule has 0 aliphatic carbocycles. The lowest BCUT2D eigenvalue weighted by Crippen LogP contribution is -3.12. The van der Waals surface area contributed by atoms with E-state index in [-0.39, 0.29) is 11.7 Å². The van der Waals surface area contributed by atoms with E-state index in [1.54, 1.807) is 12.1 Å². The molecule has 1 aromatic carbocycles. The van der Waals surface area contributed by atoms with E-state index < -0.39 is 0 Å². The zero-order chi connectivity index (χ0) is 15.0. The second-order valence-corrected chi connectivity index (χ2v) is 5.72. The molecule has 4 nitrogen and oxygen atoms in total. The summed E-state index contributed by atoms with van der Waals surface area (Å²) in [5.74, 6) is -0.367. The van der Waals surface area contributed by atoms with Crippen LogP contribution >= 0.6 is 0 Å². The largest absolute Gasteiger partial charge is 0.334 e. The fourth-order valence-corrected chi connectivity index (χ4v) is 2.77. The molecule has 0 saturated carbocycles. The molecule has 2 heterocycles. The third kappa shape index (κ3) is 2.74. The Morgan fingerprint density at radius 2 is 2.00 bits per heavy atom. The zero-order valence-corrected chi connectivity index (χ0v) is 12.3. The van der Waals surface area contributed by atoms with E-state index in [4.69, 9.17) is 0 Å². The molecule has 1 aliphatic rings. The topological polar surface area (TPSA) is 37.6 Å². The molecule has 1 aliphatic heterocycles. The van der Waals surface area contributed by atoms with Gasteiger partial charge in [-0.1, -0.05) is 0 Å². The van der Waals surface area contributed by atoms with Gasteiger partial charge >= 0.3 is 0 Å². The van der Waals surface area contributed by atoms with Crippen molar-refractivity contribution < 1.29 is 14.1 Å². The Morgan fingerprint density at radius 1 is 1.29 bits per heavy atom. The first-order valence-corrected chi connectivity index (χ1v) is 7.22. The lowest BCUT2D eigenvalue weighted by Gasteiger charge is -2.30. The van der Waals surface area contributed by atoms with Gasteiger partial charge in [0.15, 0.2) is 0 Å². The number of nitrogens with one attached hydrogen (secondary N) is 1. The Hall–Kier alpha value is -2.01. The number of piperazine rings is 1. The highest BCUT2D eigenvalue weighted by Crippen LogP contribution is 2.21. The van der Waals surface area contributed by atoms with E-state index in [1.807, 2.05) is 11.8 Å². The molecule has 2 aromatic rings. The van der Waals surface area contributed by atoms with Crippen molar-refractivity contribution in [3.8, 4) is 0 Å². The van der Waals surface area contributed by atoms with Gasteiger partial charge in [0.25, 0.3) is 5.91 Å². The molecule has 1 fully saturated rings. The maximum Gasteiger partial charge on any atom is 0.255 e. The molecule has 21 heavy (non-hydrogen) atoms. The summed E-state index contributed by atoms with van der Waals surface area (Å²) in [6, 6.07) is 6.16. The number of quaternary nitrogens is 1. The molecule has 0 bridgehead atoms. The maximum atomic E-state index is 13.5. The highest BCUT2D eigenvalue weighted by atomic mass is 19.1. The third-order valence-corrected chi connectivity index (χ3v) is 4.03. The molecule has 5 heteroatoms. The van der Waals surface area contributed by atoms with Gasteiger partial charge in [-0.15, -0.1) is 0 Å². The Morgan fingerprint density at radius 3 is 2.71 bits per heavy atom. The Labute approximate surface area is 123 Å². The van der Waals surface area contributed by atoms with Crippen molar-refractivity contribution in [2.24, 2.45) is 0 Å². The van der Waals surface area contributed by atoms with Crippen molar-refractivity contribution in [3.05, 3.63) is 41.3 Å². The molecule has 1 aromatic heterocycles. The monoisotopic (exact) mass is 288 g/mol. The molecule has 3 rings (SSSR count). The van der Waals surface area contributed by atoms with Crippen LogP contribution in [0.25, 0.3) is 10.9 Å². The minimum atomic E-state index is -0.343. The summed E-state index contributed by atoms with van der Waals surface area (Å²) in [5.41, 5.74) is 1.99. The second-order valence-electron chi connectivity index (χ2n) is 5.72. The summed E-state index contributed by atoms with van der Waals surface area (Å²) < 4.78 is 13.5. The van der Waals surface area contributed by atoms with E-state index >= 15 is 0 Å². The number of nitrogens with zero attached hydrogens (tertiary/aromatic N) is 2. The number of benzene rings is 1. The number of carbonyl (C=O) groups excluding carboxylic acids is 1. The number of hydrogen-bond donors (Lipinski definition) is 1. The molecule has 1 N–H and O–H groups in total. The summed E-state index contributed by atoms with van der Waals surface area (Å²) in [6.45, 7) is 5.23. The van der Waals surface area contributed by atoms with Crippen molar-refractivity contribution in [2.45, 2.75) is 6.92 Å². The van der Waals surface area contributed by atoms with Gasteiger partial charge < -0.3 is 9.80 Å². The number of carbonyl (C=O) groups is 1. The highest BCUT2D eigenvalue weighted by molar-refractivity contribution is 6.06. The lowest BCUT2D eigenvalue weighted by molar-refractivity contribution is -0.883. The van der Waals surface area contributed by atoms with Gasteiger partial charge in [-0.25, -0.2) is 4.39 Å². The first-order valence-electron chi connectivity index (χ1n) is 7.22. The minimum absolute atomic E-state index is 0.0244. The third-order valence-electron chi connectivity index (χ3n) is 4.03. The molecular weight excluding hydrogens is 269 g/mol.